The fourth-order valence-corrected chi connectivity index (χ4v) is 18.9. The molecule has 8 saturated carbocycles. The molecule has 0 spiro atoms. The molecule has 0 aromatic heterocycles. The zero-order valence-corrected chi connectivity index (χ0v) is 31.6. The van der Waals surface area contributed by atoms with Crippen molar-refractivity contribution in [3.05, 3.63) is 97.2 Å². The zero-order valence-electron chi connectivity index (χ0n) is 31.6. The van der Waals surface area contributed by atoms with Crippen LogP contribution in [0.1, 0.15) is 77.0 Å². The Morgan fingerprint density at radius 3 is 1.15 bits per heavy atom. The van der Waals surface area contributed by atoms with Crippen molar-refractivity contribution in [3.8, 4) is 0 Å². The van der Waals surface area contributed by atoms with E-state index in [1.54, 1.807) is 12.8 Å². The van der Waals surface area contributed by atoms with Gasteiger partial charge in [-0.3, -0.25) is 0 Å². The van der Waals surface area contributed by atoms with E-state index in [4.69, 9.17) is 0 Å². The van der Waals surface area contributed by atoms with Crippen molar-refractivity contribution in [1.29, 1.82) is 0 Å². The van der Waals surface area contributed by atoms with Crippen LogP contribution in [0, 0.1) is 142 Å². The van der Waals surface area contributed by atoms with Crippen LogP contribution in [-0.2, 0) is 0 Å². The minimum atomic E-state index is 0.925. The Hall–Kier alpha value is -2.08. The fourth-order valence-electron chi connectivity index (χ4n) is 18.9. The van der Waals surface area contributed by atoms with Gasteiger partial charge in [-0.05, 0) is 219 Å². The van der Waals surface area contributed by atoms with E-state index in [2.05, 4.69) is 97.2 Å². The standard InChI is InChI=1S/C16H20.C15H18.C11H14.C10H12/c1-2-4-12-11(3-1)13-8-14(12)16-10-6-5-9(7-10)15(13)16;1-2-10-11(3-1)13-7-12(10)14-8-4-5-9(6-8)15(13)14;1-2-4-11-9-6-5-8(7-9)10(11)3-1;1-2-9-7-4-5-8(6-7)10(9)3-1/h1-2,5-6,9-16H,3-4,7-8H2;1-2,4-5,8-15H,3,6-7H2;1-2,5-6,8-11H,3-4,7H2;1-2,4-5,7-10H,3,6H2. The number of rotatable bonds is 0. The SMILES string of the molecule is C1=CC2C(C1)C1CC2C2C3C=CC(C3)C12.C1=CC2C3C=CC(C3)C2C1.C1=CCC2C(C1)C1CC2C2C3C=CC(C3)C12.C1=CCC2C3C=CC(C3)C2C1. The molecular weight excluding hydrogens is 625 g/mol. The molecule has 12 bridgehead atoms. The van der Waals surface area contributed by atoms with Crippen LogP contribution in [0.5, 0.6) is 0 Å². The van der Waals surface area contributed by atoms with Crippen LogP contribution in [0.2, 0.25) is 0 Å². The van der Waals surface area contributed by atoms with Gasteiger partial charge in [0, 0.05) is 0 Å². The summed E-state index contributed by atoms with van der Waals surface area (Å²) in [5.74, 6) is 24.9. The van der Waals surface area contributed by atoms with Gasteiger partial charge in [0.25, 0.3) is 0 Å². The molecule has 24 unspecified atom stereocenters. The van der Waals surface area contributed by atoms with Crippen molar-refractivity contribution in [2.45, 2.75) is 77.0 Å². The van der Waals surface area contributed by atoms with Crippen molar-refractivity contribution in [2.24, 2.45) is 142 Å². The lowest BCUT2D eigenvalue weighted by Gasteiger charge is -2.42. The van der Waals surface area contributed by atoms with Gasteiger partial charge in [0.1, 0.15) is 0 Å². The maximum atomic E-state index is 2.57. The summed E-state index contributed by atoms with van der Waals surface area (Å²) in [5, 5.41) is 0. The van der Waals surface area contributed by atoms with Crippen LogP contribution in [-0.4, -0.2) is 0 Å². The lowest BCUT2D eigenvalue weighted by molar-refractivity contribution is 0.0863. The highest BCUT2D eigenvalue weighted by Crippen LogP contribution is 2.71. The summed E-state index contributed by atoms with van der Waals surface area (Å²) in [6.45, 7) is 0. The molecule has 0 saturated heterocycles. The van der Waals surface area contributed by atoms with Crippen LogP contribution in [0.4, 0.5) is 0 Å². The van der Waals surface area contributed by atoms with Crippen molar-refractivity contribution >= 4 is 0 Å². The summed E-state index contributed by atoms with van der Waals surface area (Å²) in [4.78, 5) is 0. The maximum Gasteiger partial charge on any atom is -0.0133 e. The highest BCUT2D eigenvalue weighted by molar-refractivity contribution is 5.27. The topological polar surface area (TPSA) is 0 Å². The summed E-state index contributed by atoms with van der Waals surface area (Å²) in [5.41, 5.74) is 0. The molecule has 0 aliphatic heterocycles. The summed E-state index contributed by atoms with van der Waals surface area (Å²) in [6, 6.07) is 0. The molecule has 52 heavy (non-hydrogen) atoms. The van der Waals surface area contributed by atoms with Crippen molar-refractivity contribution in [2.75, 3.05) is 0 Å². The predicted molar refractivity (Wildman–Crippen MR) is 212 cm³/mol. The minimum Gasteiger partial charge on any atom is -0.0882 e. The molecule has 0 heteroatoms. The summed E-state index contributed by atoms with van der Waals surface area (Å²) in [6.07, 6.45) is 57.1. The van der Waals surface area contributed by atoms with E-state index in [9.17, 15) is 0 Å². The van der Waals surface area contributed by atoms with Crippen LogP contribution in [0.15, 0.2) is 97.2 Å². The van der Waals surface area contributed by atoms with E-state index >= 15 is 0 Å². The number of hydrogen-bond acceptors (Lipinski definition) is 0. The Morgan fingerprint density at radius 1 is 0.212 bits per heavy atom. The second-order valence-corrected chi connectivity index (χ2v) is 21.6. The van der Waals surface area contributed by atoms with Crippen molar-refractivity contribution in [3.63, 3.8) is 0 Å². The van der Waals surface area contributed by atoms with Gasteiger partial charge in [0.05, 0.1) is 0 Å². The smallest absolute Gasteiger partial charge is 0.0133 e. The third-order valence-electron chi connectivity index (χ3n) is 20.4. The molecule has 0 nitrogen and oxygen atoms in total. The fraction of sp³-hybridized carbons (Fsp3) is 0.692. The van der Waals surface area contributed by atoms with E-state index in [1.807, 2.05) is 0 Å². The van der Waals surface area contributed by atoms with Gasteiger partial charge >= 0.3 is 0 Å². The molecule has 16 rings (SSSR count). The van der Waals surface area contributed by atoms with E-state index in [1.165, 1.54) is 64.2 Å². The molecule has 0 amide bonds. The van der Waals surface area contributed by atoms with Gasteiger partial charge in [-0.1, -0.05) is 97.2 Å². The normalized spacial score (nSPS) is 60.3. The van der Waals surface area contributed by atoms with E-state index in [0.717, 1.165) is 142 Å². The van der Waals surface area contributed by atoms with Gasteiger partial charge in [0.15, 0.2) is 0 Å². The maximum absolute atomic E-state index is 2.57. The Bertz CT molecular complexity index is 1640. The molecule has 0 radical (unpaired) electrons. The average Bonchev–Trinajstić information content (AvgIpc) is 4.06. The minimum absolute atomic E-state index is 0.925. The van der Waals surface area contributed by atoms with Crippen LogP contribution < -0.4 is 0 Å². The van der Waals surface area contributed by atoms with E-state index < -0.39 is 0 Å². The van der Waals surface area contributed by atoms with E-state index in [0.29, 0.717) is 0 Å². The Labute approximate surface area is 315 Å². The Morgan fingerprint density at radius 2 is 0.577 bits per heavy atom. The van der Waals surface area contributed by atoms with Crippen molar-refractivity contribution < 1.29 is 0 Å². The monoisotopic (exact) mass is 689 g/mol. The highest BCUT2D eigenvalue weighted by atomic mass is 14.7. The zero-order chi connectivity index (χ0) is 33.7. The van der Waals surface area contributed by atoms with Crippen molar-refractivity contribution in [1.82, 2.24) is 0 Å². The molecule has 16 aliphatic rings. The molecule has 8 fully saturated rings. The molecular formula is C52H64. The molecule has 16 aliphatic carbocycles. The van der Waals surface area contributed by atoms with Gasteiger partial charge in [-0.2, -0.15) is 0 Å². The molecule has 0 N–H and O–H groups in total. The molecule has 0 heterocycles. The molecule has 272 valence electrons. The number of hydrogen-bond donors (Lipinski definition) is 0. The molecule has 24 atom stereocenters. The van der Waals surface area contributed by atoms with Gasteiger partial charge < -0.3 is 0 Å². The summed E-state index contributed by atoms with van der Waals surface area (Å²) >= 11 is 0. The number of fused-ring (bicyclic) bond motifs is 34. The van der Waals surface area contributed by atoms with Gasteiger partial charge in [-0.15, -0.1) is 0 Å². The molecule has 0 aromatic rings. The Balaban J connectivity index is 0.0000000764. The van der Waals surface area contributed by atoms with Gasteiger partial charge in [0.2, 0.25) is 0 Å². The summed E-state index contributed by atoms with van der Waals surface area (Å²) in [7, 11) is 0. The predicted octanol–water partition coefficient (Wildman–Crippen LogP) is 12.1. The van der Waals surface area contributed by atoms with Gasteiger partial charge in [-0.25, -0.2) is 0 Å². The highest BCUT2D eigenvalue weighted by Gasteiger charge is 2.65. The van der Waals surface area contributed by atoms with Crippen LogP contribution >= 0.6 is 0 Å². The first kappa shape index (κ1) is 31.2. The first-order chi connectivity index (χ1) is 25.8. The largest absolute Gasteiger partial charge is 0.0882 e. The van der Waals surface area contributed by atoms with Crippen LogP contribution in [0.25, 0.3) is 0 Å². The summed E-state index contributed by atoms with van der Waals surface area (Å²) < 4.78 is 0. The second-order valence-electron chi connectivity index (χ2n) is 21.6. The Kier molecular flexibility index (Phi) is 7.02. The second kappa shape index (κ2) is 11.7. The lowest BCUT2D eigenvalue weighted by atomic mass is 9.62. The average molecular weight is 689 g/mol. The third-order valence-corrected chi connectivity index (χ3v) is 20.4. The lowest BCUT2D eigenvalue weighted by Crippen LogP contribution is -2.37. The number of allylic oxidation sites excluding steroid dienone is 16. The van der Waals surface area contributed by atoms with Crippen LogP contribution in [0.3, 0.4) is 0 Å². The van der Waals surface area contributed by atoms with E-state index in [-0.39, 0.29) is 0 Å². The molecule has 0 aromatic carbocycles. The quantitative estimate of drug-likeness (QED) is 0.176. The first-order valence-electron chi connectivity index (χ1n) is 23.1. The third kappa shape index (κ3) is 4.34. The first-order valence-corrected chi connectivity index (χ1v) is 23.1.